The van der Waals surface area contributed by atoms with Crippen LogP contribution in [0.4, 0.5) is 4.39 Å². The Labute approximate surface area is 206 Å². The van der Waals surface area contributed by atoms with Crippen molar-refractivity contribution in [3.8, 4) is 0 Å². The van der Waals surface area contributed by atoms with Gasteiger partial charge < -0.3 is 5.32 Å². The molecule has 184 valence electrons. The van der Waals surface area contributed by atoms with Crippen molar-refractivity contribution < 1.29 is 17.6 Å². The Kier molecular flexibility index (Phi) is 7.95. The van der Waals surface area contributed by atoms with Crippen LogP contribution in [-0.2, 0) is 14.8 Å². The molecule has 1 N–H and O–H groups in total. The van der Waals surface area contributed by atoms with Crippen molar-refractivity contribution >= 4 is 15.9 Å². The first-order chi connectivity index (χ1) is 16.9. The van der Waals surface area contributed by atoms with Crippen LogP contribution in [0.2, 0.25) is 0 Å². The largest absolute Gasteiger partial charge is 0.344 e. The van der Waals surface area contributed by atoms with Gasteiger partial charge in [-0.15, -0.1) is 0 Å². The number of rotatable bonds is 7. The van der Waals surface area contributed by atoms with E-state index in [0.29, 0.717) is 26.1 Å². The van der Waals surface area contributed by atoms with E-state index < -0.39 is 21.9 Å². The molecule has 0 bridgehead atoms. The van der Waals surface area contributed by atoms with Crippen LogP contribution in [0.25, 0.3) is 0 Å². The summed E-state index contributed by atoms with van der Waals surface area (Å²) in [5, 5.41) is 3.19. The van der Waals surface area contributed by atoms with Crippen LogP contribution >= 0.6 is 0 Å². The first-order valence-corrected chi connectivity index (χ1v) is 13.2. The third-order valence-electron chi connectivity index (χ3n) is 6.42. The first-order valence-electron chi connectivity index (χ1n) is 11.8. The maximum atomic E-state index is 13.3. The number of carbonyl (C=O) groups excluding carboxylic acids is 1. The molecule has 1 aliphatic rings. The Morgan fingerprint density at radius 3 is 1.97 bits per heavy atom. The zero-order valence-corrected chi connectivity index (χ0v) is 20.5. The molecule has 1 heterocycles. The summed E-state index contributed by atoms with van der Waals surface area (Å²) in [6, 6.07) is 23.8. The average Bonchev–Trinajstić information content (AvgIpc) is 3.15. The highest BCUT2D eigenvalue weighted by Gasteiger charge is 2.31. The van der Waals surface area contributed by atoms with Gasteiger partial charge in [0.15, 0.2) is 0 Å². The predicted octanol–water partition coefficient (Wildman–Crippen LogP) is 3.82. The number of sulfonamides is 1. The van der Waals surface area contributed by atoms with Crippen LogP contribution in [0.1, 0.15) is 30.5 Å². The van der Waals surface area contributed by atoms with E-state index in [9.17, 15) is 17.6 Å². The van der Waals surface area contributed by atoms with E-state index in [1.54, 1.807) is 0 Å². The van der Waals surface area contributed by atoms with Crippen LogP contribution in [0.15, 0.2) is 89.8 Å². The number of nitrogens with zero attached hydrogens (tertiary/aromatic N) is 2. The van der Waals surface area contributed by atoms with Crippen LogP contribution in [0.3, 0.4) is 0 Å². The molecule has 1 fully saturated rings. The number of halogens is 1. The molecule has 1 saturated heterocycles. The van der Waals surface area contributed by atoms with Gasteiger partial charge in [0.1, 0.15) is 5.82 Å². The topological polar surface area (TPSA) is 69.7 Å². The van der Waals surface area contributed by atoms with Gasteiger partial charge in [0.25, 0.3) is 0 Å². The van der Waals surface area contributed by atoms with Crippen molar-refractivity contribution in [3.05, 3.63) is 102 Å². The molecule has 3 aromatic carbocycles. The molecule has 0 saturated carbocycles. The number of carbonyl (C=O) groups is 1. The lowest BCUT2D eigenvalue weighted by molar-refractivity contribution is -0.126. The average molecular weight is 496 g/mol. The number of hydrogen-bond donors (Lipinski definition) is 1. The van der Waals surface area contributed by atoms with E-state index in [1.807, 2.05) is 72.5 Å². The fraction of sp³-hybridized carbons (Fsp3) is 0.296. The molecule has 1 atom stereocenters. The smallest absolute Gasteiger partial charge is 0.243 e. The molecular weight excluding hydrogens is 465 g/mol. The summed E-state index contributed by atoms with van der Waals surface area (Å²) in [5.74, 6) is -0.590. The second kappa shape index (κ2) is 11.1. The fourth-order valence-corrected chi connectivity index (χ4v) is 5.85. The van der Waals surface area contributed by atoms with E-state index in [1.165, 1.54) is 16.4 Å². The SMILES string of the molecule is C[C@H](C(=O)NC(c1ccccc1)c1ccccc1)N1CCCN(S(=O)(=O)c2ccc(F)cc2)CC1. The number of amides is 1. The third kappa shape index (κ3) is 5.96. The standard InChI is InChI=1S/C27H30FN3O3S/c1-21(27(32)29-26(22-9-4-2-5-10-22)23-11-6-3-7-12-23)30-17-8-18-31(20-19-30)35(33,34)25-15-13-24(28)14-16-25/h2-7,9-16,21,26H,8,17-20H2,1H3,(H,29,32)/t21-/m1/s1. The van der Waals surface area contributed by atoms with Gasteiger partial charge in [-0.05, 0) is 48.7 Å². The van der Waals surface area contributed by atoms with Crippen LogP contribution in [-0.4, -0.2) is 55.8 Å². The van der Waals surface area contributed by atoms with Gasteiger partial charge in [0, 0.05) is 26.2 Å². The molecule has 0 aliphatic carbocycles. The lowest BCUT2D eigenvalue weighted by Gasteiger charge is -2.29. The molecule has 3 aromatic rings. The summed E-state index contributed by atoms with van der Waals surface area (Å²) in [6.45, 7) is 3.49. The van der Waals surface area contributed by atoms with Gasteiger partial charge in [0.05, 0.1) is 17.0 Å². The monoisotopic (exact) mass is 495 g/mol. The van der Waals surface area contributed by atoms with Crippen molar-refractivity contribution in [2.75, 3.05) is 26.2 Å². The molecule has 0 spiro atoms. The van der Waals surface area contributed by atoms with Gasteiger partial charge in [-0.3, -0.25) is 9.69 Å². The maximum Gasteiger partial charge on any atom is 0.243 e. The quantitative estimate of drug-likeness (QED) is 0.541. The Morgan fingerprint density at radius 1 is 0.829 bits per heavy atom. The second-order valence-electron chi connectivity index (χ2n) is 8.69. The van der Waals surface area contributed by atoms with Crippen molar-refractivity contribution in [2.45, 2.75) is 30.3 Å². The molecule has 0 radical (unpaired) electrons. The van der Waals surface area contributed by atoms with Gasteiger partial charge >= 0.3 is 0 Å². The third-order valence-corrected chi connectivity index (χ3v) is 8.33. The Morgan fingerprint density at radius 2 is 1.40 bits per heavy atom. The van der Waals surface area contributed by atoms with E-state index >= 15 is 0 Å². The summed E-state index contributed by atoms with van der Waals surface area (Å²) in [6.07, 6.45) is 0.596. The van der Waals surface area contributed by atoms with Crippen molar-refractivity contribution in [1.82, 2.24) is 14.5 Å². The summed E-state index contributed by atoms with van der Waals surface area (Å²) in [5.41, 5.74) is 1.98. The number of nitrogens with one attached hydrogen (secondary N) is 1. The van der Waals surface area contributed by atoms with E-state index in [0.717, 1.165) is 23.3 Å². The van der Waals surface area contributed by atoms with Gasteiger partial charge in [-0.25, -0.2) is 12.8 Å². The second-order valence-corrected chi connectivity index (χ2v) is 10.6. The molecule has 0 unspecified atom stereocenters. The van der Waals surface area contributed by atoms with E-state index in [2.05, 4.69) is 5.32 Å². The summed E-state index contributed by atoms with van der Waals surface area (Å²) in [4.78, 5) is 15.4. The minimum absolute atomic E-state index is 0.0757. The van der Waals surface area contributed by atoms with Gasteiger partial charge in [0.2, 0.25) is 15.9 Å². The van der Waals surface area contributed by atoms with Crippen LogP contribution in [0.5, 0.6) is 0 Å². The Bertz CT molecular complexity index is 1180. The van der Waals surface area contributed by atoms with Gasteiger partial charge in [-0.2, -0.15) is 4.31 Å². The van der Waals surface area contributed by atoms with Crippen LogP contribution < -0.4 is 5.32 Å². The fourth-order valence-electron chi connectivity index (χ4n) is 4.38. The summed E-state index contributed by atoms with van der Waals surface area (Å²) >= 11 is 0. The lowest BCUT2D eigenvalue weighted by Crippen LogP contribution is -2.47. The molecule has 4 rings (SSSR count). The predicted molar refractivity (Wildman–Crippen MR) is 134 cm³/mol. The molecule has 1 amide bonds. The summed E-state index contributed by atoms with van der Waals surface area (Å²) in [7, 11) is -3.72. The highest BCUT2D eigenvalue weighted by atomic mass is 32.2. The molecule has 6 nitrogen and oxygen atoms in total. The number of benzene rings is 3. The minimum atomic E-state index is -3.72. The molecule has 0 aromatic heterocycles. The van der Waals surface area contributed by atoms with Crippen molar-refractivity contribution in [3.63, 3.8) is 0 Å². The highest BCUT2D eigenvalue weighted by molar-refractivity contribution is 7.89. The Balaban J connectivity index is 1.45. The zero-order valence-electron chi connectivity index (χ0n) is 19.7. The van der Waals surface area contributed by atoms with Gasteiger partial charge in [-0.1, -0.05) is 60.7 Å². The van der Waals surface area contributed by atoms with Crippen molar-refractivity contribution in [1.29, 1.82) is 0 Å². The maximum absolute atomic E-state index is 13.3. The minimum Gasteiger partial charge on any atom is -0.344 e. The molecule has 1 aliphatic heterocycles. The lowest BCUT2D eigenvalue weighted by atomic mass is 9.98. The van der Waals surface area contributed by atoms with Crippen LogP contribution in [0, 0.1) is 5.82 Å². The van der Waals surface area contributed by atoms with E-state index in [-0.39, 0.29) is 23.4 Å². The summed E-state index contributed by atoms with van der Waals surface area (Å²) < 4.78 is 40.7. The molecule has 8 heteroatoms. The first kappa shape index (κ1) is 25.0. The van der Waals surface area contributed by atoms with E-state index in [4.69, 9.17) is 0 Å². The molecular formula is C27H30FN3O3S. The Hall–Kier alpha value is -3.07. The number of hydrogen-bond acceptors (Lipinski definition) is 4. The normalized spacial score (nSPS) is 16.5. The zero-order chi connectivity index (χ0) is 24.8. The highest BCUT2D eigenvalue weighted by Crippen LogP contribution is 2.23. The van der Waals surface area contributed by atoms with Crippen molar-refractivity contribution in [2.24, 2.45) is 0 Å². The molecule has 35 heavy (non-hydrogen) atoms.